The molecule has 2 aromatic heterocycles. The molecule has 0 aliphatic carbocycles. The van der Waals surface area contributed by atoms with Crippen LogP contribution in [0.1, 0.15) is 36.8 Å². The topological polar surface area (TPSA) is 78.8 Å². The maximum atomic E-state index is 5.72. The standard InChI is InChI=1S/C23H29N5O2/c1-24-23(25-16-19-15-22(30-27-19)18-9-4-2-5-10-18)26-17-20(21-11-8-14-29-21)28-12-6-3-7-13-28/h2,4-5,8-11,14-15,20H,3,6-7,12-13,16-17H2,1H3,(H2,24,25,26). The van der Waals surface area contributed by atoms with Gasteiger partial charge in [0.15, 0.2) is 11.7 Å². The minimum absolute atomic E-state index is 0.190. The third-order valence-electron chi connectivity index (χ3n) is 5.44. The van der Waals surface area contributed by atoms with Crippen molar-refractivity contribution in [2.45, 2.75) is 31.8 Å². The molecule has 1 fully saturated rings. The highest BCUT2D eigenvalue weighted by Crippen LogP contribution is 2.24. The van der Waals surface area contributed by atoms with Crippen molar-refractivity contribution < 1.29 is 8.94 Å². The molecule has 1 aromatic carbocycles. The van der Waals surface area contributed by atoms with Crippen LogP contribution in [0.3, 0.4) is 0 Å². The smallest absolute Gasteiger partial charge is 0.191 e. The lowest BCUT2D eigenvalue weighted by molar-refractivity contribution is 0.146. The fourth-order valence-electron chi connectivity index (χ4n) is 3.84. The number of aliphatic imine (C=N–C) groups is 1. The van der Waals surface area contributed by atoms with Crippen LogP contribution in [0.4, 0.5) is 0 Å². The first kappa shape index (κ1) is 20.2. The van der Waals surface area contributed by atoms with Gasteiger partial charge in [0.2, 0.25) is 0 Å². The molecular weight excluding hydrogens is 378 g/mol. The molecule has 30 heavy (non-hydrogen) atoms. The van der Waals surface area contributed by atoms with Gasteiger partial charge in [0.05, 0.1) is 18.8 Å². The number of piperidine rings is 1. The van der Waals surface area contributed by atoms with Crippen molar-refractivity contribution in [3.63, 3.8) is 0 Å². The van der Waals surface area contributed by atoms with Crippen molar-refractivity contribution in [2.24, 2.45) is 4.99 Å². The molecule has 1 atom stereocenters. The van der Waals surface area contributed by atoms with E-state index in [2.05, 4.69) is 31.7 Å². The molecule has 1 unspecified atom stereocenters. The van der Waals surface area contributed by atoms with Gasteiger partial charge in [0, 0.05) is 25.2 Å². The number of benzene rings is 1. The van der Waals surface area contributed by atoms with Gasteiger partial charge in [-0.3, -0.25) is 9.89 Å². The molecule has 0 spiro atoms. The zero-order chi connectivity index (χ0) is 20.6. The number of hydrogen-bond donors (Lipinski definition) is 2. The predicted molar refractivity (Wildman–Crippen MR) is 117 cm³/mol. The average Bonchev–Trinajstić information content (AvgIpc) is 3.50. The summed E-state index contributed by atoms with van der Waals surface area (Å²) >= 11 is 0. The van der Waals surface area contributed by atoms with Gasteiger partial charge in [-0.05, 0) is 38.1 Å². The highest BCUT2D eigenvalue weighted by molar-refractivity contribution is 5.79. The van der Waals surface area contributed by atoms with Crippen LogP contribution in [0.25, 0.3) is 11.3 Å². The van der Waals surface area contributed by atoms with Crippen molar-refractivity contribution in [2.75, 3.05) is 26.7 Å². The first-order valence-electron chi connectivity index (χ1n) is 10.6. The first-order chi connectivity index (χ1) is 14.8. The largest absolute Gasteiger partial charge is 0.468 e. The van der Waals surface area contributed by atoms with Gasteiger partial charge < -0.3 is 19.6 Å². The minimum atomic E-state index is 0.190. The van der Waals surface area contributed by atoms with E-state index < -0.39 is 0 Å². The molecule has 2 N–H and O–H groups in total. The van der Waals surface area contributed by atoms with E-state index in [0.29, 0.717) is 6.54 Å². The van der Waals surface area contributed by atoms with Crippen LogP contribution in [0.5, 0.6) is 0 Å². The van der Waals surface area contributed by atoms with E-state index in [4.69, 9.17) is 8.94 Å². The Kier molecular flexibility index (Phi) is 6.82. The quantitative estimate of drug-likeness (QED) is 0.458. The number of likely N-dealkylation sites (tertiary alicyclic amines) is 1. The van der Waals surface area contributed by atoms with Gasteiger partial charge in [-0.15, -0.1) is 0 Å². The third-order valence-corrected chi connectivity index (χ3v) is 5.44. The van der Waals surface area contributed by atoms with Crippen LogP contribution in [0.15, 0.2) is 68.7 Å². The van der Waals surface area contributed by atoms with E-state index >= 15 is 0 Å². The van der Waals surface area contributed by atoms with Crippen LogP contribution < -0.4 is 10.6 Å². The molecular formula is C23H29N5O2. The molecule has 1 saturated heterocycles. The molecule has 0 amide bonds. The normalized spacial score (nSPS) is 16.4. The zero-order valence-electron chi connectivity index (χ0n) is 17.4. The Labute approximate surface area is 177 Å². The molecule has 3 aromatic rings. The highest BCUT2D eigenvalue weighted by atomic mass is 16.5. The SMILES string of the molecule is CN=C(NCc1cc(-c2ccccc2)on1)NCC(c1ccco1)N1CCCCC1. The Balaban J connectivity index is 1.33. The Bertz CT molecular complexity index is 914. The summed E-state index contributed by atoms with van der Waals surface area (Å²) in [7, 11) is 1.77. The lowest BCUT2D eigenvalue weighted by Crippen LogP contribution is -2.44. The van der Waals surface area contributed by atoms with Crippen LogP contribution in [0.2, 0.25) is 0 Å². The number of hydrogen-bond acceptors (Lipinski definition) is 5. The van der Waals surface area contributed by atoms with E-state index in [1.807, 2.05) is 42.5 Å². The zero-order valence-corrected chi connectivity index (χ0v) is 17.4. The van der Waals surface area contributed by atoms with E-state index in [1.54, 1.807) is 13.3 Å². The molecule has 0 bridgehead atoms. The second-order valence-corrected chi connectivity index (χ2v) is 7.48. The van der Waals surface area contributed by atoms with Crippen molar-refractivity contribution in [3.05, 3.63) is 66.2 Å². The molecule has 158 valence electrons. The lowest BCUT2D eigenvalue weighted by atomic mass is 10.1. The average molecular weight is 408 g/mol. The summed E-state index contributed by atoms with van der Waals surface area (Å²) in [5.41, 5.74) is 1.84. The van der Waals surface area contributed by atoms with Crippen molar-refractivity contribution >= 4 is 5.96 Å². The fraction of sp³-hybridized carbons (Fsp3) is 0.391. The Morgan fingerprint density at radius 2 is 1.93 bits per heavy atom. The van der Waals surface area contributed by atoms with Crippen LogP contribution >= 0.6 is 0 Å². The van der Waals surface area contributed by atoms with E-state index in [1.165, 1.54) is 19.3 Å². The molecule has 1 aliphatic heterocycles. The Hall–Kier alpha value is -3.06. The van der Waals surface area contributed by atoms with Crippen molar-refractivity contribution in [1.29, 1.82) is 0 Å². The van der Waals surface area contributed by atoms with Crippen molar-refractivity contribution in [3.8, 4) is 11.3 Å². The number of furan rings is 1. The van der Waals surface area contributed by atoms with Gasteiger partial charge >= 0.3 is 0 Å². The second-order valence-electron chi connectivity index (χ2n) is 7.48. The van der Waals surface area contributed by atoms with E-state index in [-0.39, 0.29) is 6.04 Å². The first-order valence-corrected chi connectivity index (χ1v) is 10.6. The molecule has 7 heteroatoms. The number of aromatic nitrogens is 1. The minimum Gasteiger partial charge on any atom is -0.468 e. The highest BCUT2D eigenvalue weighted by Gasteiger charge is 2.24. The molecule has 0 saturated carbocycles. The second kappa shape index (κ2) is 10.1. The number of nitrogens with one attached hydrogen (secondary N) is 2. The van der Waals surface area contributed by atoms with E-state index in [9.17, 15) is 0 Å². The lowest BCUT2D eigenvalue weighted by Gasteiger charge is -2.33. The maximum Gasteiger partial charge on any atom is 0.191 e. The van der Waals surface area contributed by atoms with Crippen LogP contribution in [0, 0.1) is 0 Å². The predicted octanol–water partition coefficient (Wildman–Crippen LogP) is 3.83. The summed E-state index contributed by atoms with van der Waals surface area (Å²) in [5.74, 6) is 2.48. The summed E-state index contributed by atoms with van der Waals surface area (Å²) in [6.45, 7) is 3.45. The van der Waals surface area contributed by atoms with Gasteiger partial charge in [-0.25, -0.2) is 0 Å². The number of guanidine groups is 1. The van der Waals surface area contributed by atoms with Gasteiger partial charge in [0.1, 0.15) is 11.5 Å². The molecule has 1 aliphatic rings. The Morgan fingerprint density at radius 1 is 1.10 bits per heavy atom. The van der Waals surface area contributed by atoms with E-state index in [0.717, 1.165) is 48.4 Å². The number of nitrogens with zero attached hydrogens (tertiary/aromatic N) is 3. The summed E-state index contributed by atoms with van der Waals surface area (Å²) in [4.78, 5) is 6.85. The Morgan fingerprint density at radius 3 is 2.67 bits per heavy atom. The van der Waals surface area contributed by atoms with Crippen LogP contribution in [-0.2, 0) is 6.54 Å². The van der Waals surface area contributed by atoms with Crippen LogP contribution in [-0.4, -0.2) is 42.7 Å². The van der Waals surface area contributed by atoms with Gasteiger partial charge in [-0.2, -0.15) is 0 Å². The molecule has 3 heterocycles. The summed E-state index contributed by atoms with van der Waals surface area (Å²) in [5, 5.41) is 10.9. The molecule has 7 nitrogen and oxygen atoms in total. The van der Waals surface area contributed by atoms with Gasteiger partial charge in [0.25, 0.3) is 0 Å². The number of rotatable bonds is 7. The molecule has 4 rings (SSSR count). The summed E-state index contributed by atoms with van der Waals surface area (Å²) in [6, 6.07) is 16.1. The third kappa shape index (κ3) is 5.10. The maximum absolute atomic E-state index is 5.72. The summed E-state index contributed by atoms with van der Waals surface area (Å²) < 4.78 is 11.2. The summed E-state index contributed by atoms with van der Waals surface area (Å²) in [6.07, 6.45) is 5.52. The monoisotopic (exact) mass is 407 g/mol. The van der Waals surface area contributed by atoms with Gasteiger partial charge in [-0.1, -0.05) is 41.9 Å². The van der Waals surface area contributed by atoms with Crippen molar-refractivity contribution in [1.82, 2.24) is 20.7 Å². The fourth-order valence-corrected chi connectivity index (χ4v) is 3.84. The molecule has 0 radical (unpaired) electrons.